The average Bonchev–Trinajstić information content (AvgIpc) is 2.61. The molecule has 0 heterocycles. The molecule has 1 aromatic rings. The number of hydrogen-bond donors (Lipinski definition) is 1. The average molecular weight is 444 g/mol. The zero-order valence-electron chi connectivity index (χ0n) is 17.2. The van der Waals surface area contributed by atoms with Crippen LogP contribution >= 0.6 is 0 Å². The first-order chi connectivity index (χ1) is 14.1. The summed E-state index contributed by atoms with van der Waals surface area (Å²) in [6.07, 6.45) is 0.0941. The summed E-state index contributed by atoms with van der Waals surface area (Å²) in [5, 5.41) is 11.0. The molecule has 0 bridgehead atoms. The third-order valence-corrected chi connectivity index (χ3v) is 5.14. The van der Waals surface area contributed by atoms with Crippen LogP contribution in [0.25, 0.3) is 0 Å². The maximum Gasteiger partial charge on any atom is 0.431 e. The number of alkyl halides is 2. The lowest BCUT2D eigenvalue weighted by Crippen LogP contribution is -2.48. The summed E-state index contributed by atoms with van der Waals surface area (Å²) in [6.45, 7) is 6.27. The van der Waals surface area contributed by atoms with E-state index in [0.717, 1.165) is 0 Å². The lowest BCUT2D eigenvalue weighted by atomic mass is 9.64. The van der Waals surface area contributed by atoms with Crippen molar-refractivity contribution in [1.82, 2.24) is 0 Å². The Morgan fingerprint density at radius 1 is 1.19 bits per heavy atom. The van der Waals surface area contributed by atoms with Crippen molar-refractivity contribution in [3.63, 3.8) is 0 Å². The van der Waals surface area contributed by atoms with Gasteiger partial charge in [0.25, 0.3) is 0 Å². The van der Waals surface area contributed by atoms with E-state index in [2.05, 4.69) is 4.74 Å². The molecular weight excluding hydrogens is 423 g/mol. The number of esters is 1. The molecule has 0 aromatic heterocycles. The molecule has 1 aliphatic carbocycles. The number of hydrogen-bond acceptors (Lipinski definition) is 4. The Morgan fingerprint density at radius 3 is 2.39 bits per heavy atom. The fourth-order valence-electron chi connectivity index (χ4n) is 3.31. The molecule has 1 aliphatic rings. The maximum absolute atomic E-state index is 14.1. The largest absolute Gasteiger partial charge is 0.431 e. The van der Waals surface area contributed by atoms with Gasteiger partial charge in [0.15, 0.2) is 23.2 Å². The van der Waals surface area contributed by atoms with E-state index in [1.54, 1.807) is 20.8 Å². The minimum absolute atomic E-state index is 0.0714. The number of aliphatic hydroxyl groups is 1. The standard InChI is InChI=1S/C22H21F5O4/c1-12(7-8-21(30)13(2)10-14(28)11-20(21,3)4)9-17(29)31-22(26,27)15-5-6-16(23)19(25)18(15)24/h5-10,30H,11H2,1-4H3. The monoisotopic (exact) mass is 444 g/mol. The van der Waals surface area contributed by atoms with Crippen LogP contribution in [0, 0.1) is 22.9 Å². The van der Waals surface area contributed by atoms with Gasteiger partial charge in [0.05, 0.1) is 0 Å². The van der Waals surface area contributed by atoms with Crippen molar-refractivity contribution in [2.45, 2.75) is 45.8 Å². The van der Waals surface area contributed by atoms with Gasteiger partial charge in [-0.05, 0) is 49.3 Å². The van der Waals surface area contributed by atoms with Gasteiger partial charge < -0.3 is 9.84 Å². The van der Waals surface area contributed by atoms with E-state index in [1.165, 1.54) is 25.2 Å². The van der Waals surface area contributed by atoms with Gasteiger partial charge in [-0.1, -0.05) is 19.9 Å². The fraction of sp³-hybridized carbons (Fsp3) is 0.364. The Morgan fingerprint density at radius 2 is 1.81 bits per heavy atom. The Balaban J connectivity index is 2.22. The molecule has 2 rings (SSSR count). The molecule has 0 saturated heterocycles. The van der Waals surface area contributed by atoms with Crippen molar-refractivity contribution < 1.29 is 41.4 Å². The normalized spacial score (nSPS) is 21.9. The Kier molecular flexibility index (Phi) is 6.61. The predicted octanol–water partition coefficient (Wildman–Crippen LogP) is 4.88. The number of halogens is 5. The first-order valence-corrected chi connectivity index (χ1v) is 9.17. The second-order valence-corrected chi connectivity index (χ2v) is 8.00. The molecule has 0 aliphatic heterocycles. The second kappa shape index (κ2) is 8.37. The molecule has 0 radical (unpaired) electrons. The summed E-state index contributed by atoms with van der Waals surface area (Å²) < 4.78 is 71.8. The summed E-state index contributed by atoms with van der Waals surface area (Å²) in [6, 6.07) is 0.557. The summed E-state index contributed by atoms with van der Waals surface area (Å²) in [7, 11) is 0. The van der Waals surface area contributed by atoms with Crippen molar-refractivity contribution in [3.05, 3.63) is 70.6 Å². The highest BCUT2D eigenvalue weighted by Gasteiger charge is 2.46. The first-order valence-electron chi connectivity index (χ1n) is 9.17. The van der Waals surface area contributed by atoms with E-state index >= 15 is 0 Å². The quantitative estimate of drug-likeness (QED) is 0.231. The molecule has 31 heavy (non-hydrogen) atoms. The van der Waals surface area contributed by atoms with Gasteiger partial charge in [0.1, 0.15) is 11.2 Å². The number of ketones is 1. The van der Waals surface area contributed by atoms with Gasteiger partial charge in [-0.3, -0.25) is 4.79 Å². The molecule has 1 N–H and O–H groups in total. The van der Waals surface area contributed by atoms with Crippen LogP contribution in [0.5, 0.6) is 0 Å². The van der Waals surface area contributed by atoms with Crippen LogP contribution < -0.4 is 0 Å². The zero-order valence-corrected chi connectivity index (χ0v) is 17.2. The van der Waals surface area contributed by atoms with E-state index in [4.69, 9.17) is 0 Å². The smallest absolute Gasteiger partial charge is 0.394 e. The number of benzene rings is 1. The topological polar surface area (TPSA) is 63.6 Å². The van der Waals surface area contributed by atoms with E-state index in [1.807, 2.05) is 0 Å². The molecule has 0 amide bonds. The molecule has 0 saturated carbocycles. The van der Waals surface area contributed by atoms with Crippen LogP contribution in [0.2, 0.25) is 0 Å². The predicted molar refractivity (Wildman–Crippen MR) is 101 cm³/mol. The number of carbonyl (C=O) groups excluding carboxylic acids is 2. The molecule has 1 unspecified atom stereocenters. The highest BCUT2D eigenvalue weighted by atomic mass is 19.3. The fourth-order valence-corrected chi connectivity index (χ4v) is 3.31. The van der Waals surface area contributed by atoms with Crippen LogP contribution in [0.15, 0.2) is 47.6 Å². The Hall–Kier alpha value is -2.81. The first kappa shape index (κ1) is 24.5. The summed E-state index contributed by atoms with van der Waals surface area (Å²) in [4.78, 5) is 23.6. The van der Waals surface area contributed by atoms with Crippen molar-refractivity contribution in [3.8, 4) is 0 Å². The van der Waals surface area contributed by atoms with Gasteiger partial charge in [0.2, 0.25) is 0 Å². The van der Waals surface area contributed by atoms with Gasteiger partial charge >= 0.3 is 12.1 Å². The van der Waals surface area contributed by atoms with E-state index in [9.17, 15) is 36.6 Å². The summed E-state index contributed by atoms with van der Waals surface area (Å²) >= 11 is 0. The van der Waals surface area contributed by atoms with Gasteiger partial charge in [-0.25, -0.2) is 18.0 Å². The lowest BCUT2D eigenvalue weighted by Gasteiger charge is -2.44. The van der Waals surface area contributed by atoms with Gasteiger partial charge in [0, 0.05) is 17.9 Å². The minimum Gasteiger partial charge on any atom is -0.394 e. The molecule has 0 spiro atoms. The third-order valence-electron chi connectivity index (χ3n) is 5.14. The second-order valence-electron chi connectivity index (χ2n) is 8.00. The zero-order chi connectivity index (χ0) is 23.8. The van der Waals surface area contributed by atoms with E-state index < -0.39 is 46.1 Å². The van der Waals surface area contributed by atoms with Crippen LogP contribution in [0.4, 0.5) is 22.0 Å². The van der Waals surface area contributed by atoms with Crippen molar-refractivity contribution in [1.29, 1.82) is 0 Å². The molecule has 168 valence electrons. The highest BCUT2D eigenvalue weighted by Crippen LogP contribution is 2.44. The van der Waals surface area contributed by atoms with Gasteiger partial charge in [-0.2, -0.15) is 8.78 Å². The summed E-state index contributed by atoms with van der Waals surface area (Å²) in [5.41, 5.74) is -3.55. The van der Waals surface area contributed by atoms with Crippen molar-refractivity contribution in [2.75, 3.05) is 0 Å². The SMILES string of the molecule is CC(C=CC1(O)C(C)=CC(=O)CC1(C)C)=CC(=O)OC(F)(F)c1ccc(F)c(F)c1F. The van der Waals surface area contributed by atoms with Crippen molar-refractivity contribution in [2.24, 2.45) is 5.41 Å². The maximum atomic E-state index is 14.1. The number of carbonyl (C=O) groups is 2. The van der Waals surface area contributed by atoms with E-state index in [0.29, 0.717) is 11.6 Å². The van der Waals surface area contributed by atoms with Crippen LogP contribution in [-0.4, -0.2) is 22.5 Å². The van der Waals surface area contributed by atoms with Crippen LogP contribution in [-0.2, 0) is 20.4 Å². The number of ether oxygens (including phenoxy) is 1. The third kappa shape index (κ3) is 4.92. The number of rotatable bonds is 5. The Labute approximate surface area is 175 Å². The van der Waals surface area contributed by atoms with E-state index in [-0.39, 0.29) is 29.9 Å². The minimum atomic E-state index is -4.56. The highest BCUT2D eigenvalue weighted by molar-refractivity contribution is 5.92. The molecule has 1 aromatic carbocycles. The van der Waals surface area contributed by atoms with Crippen molar-refractivity contribution >= 4 is 11.8 Å². The number of allylic oxidation sites excluding steroid dienone is 3. The lowest BCUT2D eigenvalue weighted by molar-refractivity contribution is -0.237. The molecular formula is C22H21F5O4. The molecule has 1 atom stereocenters. The van der Waals surface area contributed by atoms with Gasteiger partial charge in [-0.15, -0.1) is 0 Å². The molecule has 9 heteroatoms. The van der Waals surface area contributed by atoms with Crippen LogP contribution in [0.1, 0.15) is 39.7 Å². The molecule has 0 fully saturated rings. The molecule has 4 nitrogen and oxygen atoms in total. The van der Waals surface area contributed by atoms with Crippen LogP contribution in [0.3, 0.4) is 0 Å². The summed E-state index contributed by atoms with van der Waals surface area (Å²) in [5.74, 6) is -7.68. The Bertz CT molecular complexity index is 1010.